The van der Waals surface area contributed by atoms with Crippen molar-refractivity contribution in [3.63, 3.8) is 0 Å². The molecule has 0 saturated carbocycles. The van der Waals surface area contributed by atoms with Gasteiger partial charge in [-0.2, -0.15) is 0 Å². The molecule has 0 radical (unpaired) electrons. The summed E-state index contributed by atoms with van der Waals surface area (Å²) >= 11 is 0. The van der Waals surface area contributed by atoms with Gasteiger partial charge in [0.2, 0.25) is 0 Å². The Morgan fingerprint density at radius 2 is 0.458 bits per heavy atom. The molecular weight excluding hydrogens is 1020 g/mol. The van der Waals surface area contributed by atoms with Crippen LogP contribution in [0.1, 0.15) is 265 Å². The molecule has 1 atom stereocenters. The fraction of sp³-hybridized carbons (Fsp3) is 0.571. The van der Waals surface area contributed by atoms with Gasteiger partial charge in [0, 0.05) is 19.3 Å². The van der Waals surface area contributed by atoms with E-state index in [2.05, 4.69) is 191 Å². The van der Waals surface area contributed by atoms with Gasteiger partial charge in [-0.3, -0.25) is 14.4 Å². The summed E-state index contributed by atoms with van der Waals surface area (Å²) in [6.07, 6.45) is 103. The van der Waals surface area contributed by atoms with Crippen LogP contribution in [-0.4, -0.2) is 37.2 Å². The number of rotatable bonds is 58. The molecule has 0 heterocycles. The molecule has 0 aliphatic heterocycles. The van der Waals surface area contributed by atoms with E-state index in [0.717, 1.165) is 141 Å². The number of ether oxygens (including phenoxy) is 3. The summed E-state index contributed by atoms with van der Waals surface area (Å²) in [6, 6.07) is 0. The van der Waals surface area contributed by atoms with Crippen LogP contribution in [0.2, 0.25) is 0 Å². The van der Waals surface area contributed by atoms with E-state index < -0.39 is 12.1 Å². The van der Waals surface area contributed by atoms with Gasteiger partial charge in [0.1, 0.15) is 13.2 Å². The van der Waals surface area contributed by atoms with Crippen LogP contribution < -0.4 is 0 Å². The minimum Gasteiger partial charge on any atom is -0.462 e. The first-order valence-electron chi connectivity index (χ1n) is 33.3. The molecule has 6 nitrogen and oxygen atoms in total. The summed E-state index contributed by atoms with van der Waals surface area (Å²) in [5, 5.41) is 0. The summed E-state index contributed by atoms with van der Waals surface area (Å²) < 4.78 is 16.8. The SMILES string of the molecule is CC/C=C\C/C=C\C/C=C\C/C=C\C/C=C\C/C=C\CCC(=O)OC(COC(=O)CCCCC/C=C\C/C=C\C/C=C\C/C=C\C/C=C\CC)COC(=O)CCCCCCCCCCCCCCCC/C=C\C/C=C\C/C=C\C/C=C\CC. The van der Waals surface area contributed by atoms with E-state index in [1.54, 1.807) is 0 Å². The topological polar surface area (TPSA) is 78.9 Å². The lowest BCUT2D eigenvalue weighted by Crippen LogP contribution is -2.30. The number of hydrogen-bond donors (Lipinski definition) is 0. The average Bonchev–Trinajstić information content (AvgIpc) is 3.50. The third-order valence-corrected chi connectivity index (χ3v) is 13.4. The first-order valence-corrected chi connectivity index (χ1v) is 33.3. The normalized spacial score (nSPS) is 13.3. The molecule has 0 aromatic carbocycles. The maximum absolute atomic E-state index is 12.9. The van der Waals surface area contributed by atoms with Crippen LogP contribution in [0.5, 0.6) is 0 Å². The molecule has 0 spiro atoms. The van der Waals surface area contributed by atoms with E-state index in [1.807, 2.05) is 12.2 Å². The van der Waals surface area contributed by atoms with Crippen molar-refractivity contribution >= 4 is 17.9 Å². The van der Waals surface area contributed by atoms with Crippen molar-refractivity contribution in [2.45, 2.75) is 271 Å². The zero-order valence-electron chi connectivity index (χ0n) is 53.1. The maximum Gasteiger partial charge on any atom is 0.306 e. The molecule has 0 saturated heterocycles. The minimum absolute atomic E-state index is 0.127. The Labute approximate surface area is 510 Å². The van der Waals surface area contributed by atoms with E-state index in [4.69, 9.17) is 14.2 Å². The lowest BCUT2D eigenvalue weighted by Gasteiger charge is -2.18. The summed E-state index contributed by atoms with van der Waals surface area (Å²) in [5.74, 6) is -1.05. The second kappa shape index (κ2) is 69.0. The molecule has 0 amide bonds. The molecule has 0 N–H and O–H groups in total. The molecule has 0 rings (SSSR count). The van der Waals surface area contributed by atoms with Crippen molar-refractivity contribution in [2.75, 3.05) is 13.2 Å². The van der Waals surface area contributed by atoms with Crippen molar-refractivity contribution in [1.29, 1.82) is 0 Å². The van der Waals surface area contributed by atoms with Gasteiger partial charge >= 0.3 is 17.9 Å². The Balaban J connectivity index is 4.50. The molecule has 83 heavy (non-hydrogen) atoms. The zero-order chi connectivity index (χ0) is 59.9. The molecule has 0 aromatic heterocycles. The monoisotopic (exact) mass is 1140 g/mol. The third kappa shape index (κ3) is 67.2. The Kier molecular flexibility index (Phi) is 64.4. The second-order valence-electron chi connectivity index (χ2n) is 21.2. The average molecular weight is 1140 g/mol. The van der Waals surface area contributed by atoms with Gasteiger partial charge in [0.05, 0.1) is 0 Å². The summed E-state index contributed by atoms with van der Waals surface area (Å²) in [7, 11) is 0. The van der Waals surface area contributed by atoms with Gasteiger partial charge in [-0.1, -0.05) is 287 Å². The van der Waals surface area contributed by atoms with E-state index in [9.17, 15) is 14.4 Å². The fourth-order valence-electron chi connectivity index (χ4n) is 8.55. The van der Waals surface area contributed by atoms with Crippen LogP contribution in [0, 0.1) is 0 Å². The molecule has 1 unspecified atom stereocenters. The zero-order valence-corrected chi connectivity index (χ0v) is 53.1. The first kappa shape index (κ1) is 77.5. The maximum atomic E-state index is 12.9. The summed E-state index contributed by atoms with van der Waals surface area (Å²) in [4.78, 5) is 38.4. The molecular formula is C77H120O6. The quantitative estimate of drug-likeness (QED) is 0.0261. The standard InChI is InChI=1S/C77H120O6/c1-4-7-10-13-16-19-22-25-28-31-34-35-36-37-38-39-40-41-44-46-49-52-55-58-61-64-67-70-76(79)82-73-74(83-77(80)71-68-65-62-59-56-53-50-47-43-33-30-27-24-21-18-15-12-9-6-3)72-81-75(78)69-66-63-60-57-54-51-48-45-42-32-29-26-23-20-17-14-11-8-5-2/h7-12,16-21,25-30,34-35,42-43,45,47,51,53-54,56,62,65,74H,4-6,13-15,22-24,31-33,36-41,44,46,48-50,52,55,57-61,63-64,66-73H2,1-3H3/b10-7-,11-8-,12-9-,19-16-,20-17-,21-18-,28-25-,29-26-,30-27-,35-34-,45-42-,47-43-,54-51-,56-53-,65-62-. The minimum atomic E-state index is -0.844. The molecule has 464 valence electrons. The largest absolute Gasteiger partial charge is 0.462 e. The highest BCUT2D eigenvalue weighted by Crippen LogP contribution is 2.15. The lowest BCUT2D eigenvalue weighted by atomic mass is 10.0. The molecule has 0 aromatic rings. The Morgan fingerprint density at radius 1 is 0.241 bits per heavy atom. The number of esters is 3. The third-order valence-electron chi connectivity index (χ3n) is 13.4. The predicted octanol–water partition coefficient (Wildman–Crippen LogP) is 23.2. The molecule has 0 aliphatic carbocycles. The van der Waals surface area contributed by atoms with E-state index in [-0.39, 0.29) is 31.6 Å². The van der Waals surface area contributed by atoms with Crippen LogP contribution in [0.3, 0.4) is 0 Å². The number of allylic oxidation sites excluding steroid dienone is 30. The van der Waals surface area contributed by atoms with Crippen molar-refractivity contribution in [2.24, 2.45) is 0 Å². The molecule has 0 fully saturated rings. The highest BCUT2D eigenvalue weighted by Gasteiger charge is 2.19. The van der Waals surface area contributed by atoms with Gasteiger partial charge < -0.3 is 14.2 Å². The van der Waals surface area contributed by atoms with Gasteiger partial charge in [-0.15, -0.1) is 0 Å². The Bertz CT molecular complexity index is 1940. The Hall–Kier alpha value is -5.49. The van der Waals surface area contributed by atoms with Crippen LogP contribution in [-0.2, 0) is 28.6 Å². The second-order valence-corrected chi connectivity index (χ2v) is 21.2. The van der Waals surface area contributed by atoms with Crippen molar-refractivity contribution in [3.8, 4) is 0 Å². The van der Waals surface area contributed by atoms with Crippen LogP contribution in [0.15, 0.2) is 182 Å². The molecule has 6 heteroatoms. The summed E-state index contributed by atoms with van der Waals surface area (Å²) in [5.41, 5.74) is 0. The smallest absolute Gasteiger partial charge is 0.306 e. The number of carbonyl (C=O) groups is 3. The Morgan fingerprint density at radius 3 is 0.735 bits per heavy atom. The van der Waals surface area contributed by atoms with Crippen LogP contribution in [0.25, 0.3) is 0 Å². The fourth-order valence-corrected chi connectivity index (χ4v) is 8.55. The predicted molar refractivity (Wildman–Crippen MR) is 361 cm³/mol. The first-order chi connectivity index (χ1) is 41.0. The van der Waals surface area contributed by atoms with Crippen LogP contribution in [0.4, 0.5) is 0 Å². The van der Waals surface area contributed by atoms with E-state index in [1.165, 1.54) is 77.0 Å². The van der Waals surface area contributed by atoms with Crippen molar-refractivity contribution in [3.05, 3.63) is 182 Å². The van der Waals surface area contributed by atoms with Crippen LogP contribution >= 0.6 is 0 Å². The van der Waals surface area contributed by atoms with E-state index >= 15 is 0 Å². The van der Waals surface area contributed by atoms with E-state index in [0.29, 0.717) is 19.3 Å². The van der Waals surface area contributed by atoms with Crippen molar-refractivity contribution < 1.29 is 28.6 Å². The lowest BCUT2D eigenvalue weighted by molar-refractivity contribution is -0.166. The highest BCUT2D eigenvalue weighted by atomic mass is 16.6. The van der Waals surface area contributed by atoms with Gasteiger partial charge in [0.25, 0.3) is 0 Å². The molecule has 0 bridgehead atoms. The summed E-state index contributed by atoms with van der Waals surface area (Å²) in [6.45, 7) is 6.21. The molecule has 0 aliphatic rings. The number of carbonyl (C=O) groups excluding carboxylic acids is 3. The number of hydrogen-bond acceptors (Lipinski definition) is 6. The van der Waals surface area contributed by atoms with Gasteiger partial charge in [0.15, 0.2) is 6.10 Å². The highest BCUT2D eigenvalue weighted by molar-refractivity contribution is 5.71. The van der Waals surface area contributed by atoms with Gasteiger partial charge in [-0.25, -0.2) is 0 Å². The van der Waals surface area contributed by atoms with Crippen molar-refractivity contribution in [1.82, 2.24) is 0 Å². The number of unbranched alkanes of at least 4 members (excludes halogenated alkanes) is 17. The van der Waals surface area contributed by atoms with Gasteiger partial charge in [-0.05, 0) is 141 Å².